The summed E-state index contributed by atoms with van der Waals surface area (Å²) in [5.74, 6) is -0.343. The Morgan fingerprint density at radius 3 is 2.96 bits per heavy atom. The van der Waals surface area contributed by atoms with Crippen LogP contribution in [0.1, 0.15) is 52.5 Å². The molecule has 25 heavy (non-hydrogen) atoms. The van der Waals surface area contributed by atoms with E-state index in [1.165, 1.54) is 11.1 Å². The fraction of sp³-hybridized carbons (Fsp3) is 0.400. The van der Waals surface area contributed by atoms with Crippen molar-refractivity contribution in [2.24, 2.45) is 0 Å². The van der Waals surface area contributed by atoms with Crippen molar-refractivity contribution >= 4 is 5.91 Å². The average Bonchev–Trinajstić information content (AvgIpc) is 2.61. The Hall–Kier alpha value is -2.40. The molecular weight excluding hydrogens is 316 g/mol. The van der Waals surface area contributed by atoms with Gasteiger partial charge in [-0.1, -0.05) is 24.3 Å². The number of hydrogen-bond donors (Lipinski definition) is 2. The Morgan fingerprint density at radius 1 is 1.28 bits per heavy atom. The van der Waals surface area contributed by atoms with Crippen LogP contribution in [0.15, 0.2) is 41.2 Å². The molecule has 0 spiro atoms. The number of amides is 1. The smallest absolute Gasteiger partial charge is 0.260 e. The maximum Gasteiger partial charge on any atom is 0.260 e. The first-order chi connectivity index (χ1) is 12.1. The first kappa shape index (κ1) is 17.4. The van der Waals surface area contributed by atoms with Crippen molar-refractivity contribution in [2.75, 3.05) is 13.2 Å². The van der Waals surface area contributed by atoms with E-state index in [1.54, 1.807) is 19.1 Å². The van der Waals surface area contributed by atoms with E-state index in [4.69, 9.17) is 4.74 Å². The van der Waals surface area contributed by atoms with E-state index in [0.29, 0.717) is 19.6 Å². The lowest BCUT2D eigenvalue weighted by atomic mass is 9.89. The molecule has 1 aliphatic rings. The monoisotopic (exact) mass is 340 g/mol. The van der Waals surface area contributed by atoms with Crippen LogP contribution in [-0.4, -0.2) is 24.0 Å². The number of rotatable bonds is 6. The van der Waals surface area contributed by atoms with Crippen LogP contribution in [-0.2, 0) is 11.2 Å². The highest BCUT2D eigenvalue weighted by molar-refractivity contribution is 5.93. The van der Waals surface area contributed by atoms with Gasteiger partial charge in [-0.25, -0.2) is 0 Å². The summed E-state index contributed by atoms with van der Waals surface area (Å²) in [6, 6.07) is 11.7. The minimum absolute atomic E-state index is 0.146. The van der Waals surface area contributed by atoms with Gasteiger partial charge in [0.15, 0.2) is 0 Å². The molecule has 1 amide bonds. The van der Waals surface area contributed by atoms with Gasteiger partial charge in [0, 0.05) is 18.8 Å². The van der Waals surface area contributed by atoms with Crippen molar-refractivity contribution in [2.45, 2.75) is 38.7 Å². The van der Waals surface area contributed by atoms with Crippen LogP contribution in [0, 0.1) is 6.92 Å². The van der Waals surface area contributed by atoms with E-state index in [9.17, 15) is 9.59 Å². The normalized spacial score (nSPS) is 16.3. The highest BCUT2D eigenvalue weighted by atomic mass is 16.5. The Bertz CT molecular complexity index is 798. The summed E-state index contributed by atoms with van der Waals surface area (Å²) in [4.78, 5) is 26.4. The van der Waals surface area contributed by atoms with Crippen LogP contribution in [0.4, 0.5) is 0 Å². The number of pyridine rings is 1. The van der Waals surface area contributed by atoms with Crippen LogP contribution in [0.25, 0.3) is 0 Å². The number of nitrogens with one attached hydrogen (secondary N) is 2. The minimum Gasteiger partial charge on any atom is -0.373 e. The molecule has 2 N–H and O–H groups in total. The maximum absolute atomic E-state index is 12.0. The molecule has 0 fully saturated rings. The van der Waals surface area contributed by atoms with Gasteiger partial charge in [-0.15, -0.1) is 0 Å². The number of fused-ring (bicyclic) bond motifs is 1. The highest BCUT2D eigenvalue weighted by Gasteiger charge is 2.19. The second-order valence-corrected chi connectivity index (χ2v) is 6.44. The van der Waals surface area contributed by atoms with Gasteiger partial charge in [0.05, 0.1) is 6.10 Å². The summed E-state index contributed by atoms with van der Waals surface area (Å²) >= 11 is 0. The maximum atomic E-state index is 12.0. The number of carbonyl (C=O) groups excluding carboxylic acids is 1. The minimum atomic E-state index is -0.354. The quantitative estimate of drug-likeness (QED) is 0.794. The van der Waals surface area contributed by atoms with Crippen LogP contribution < -0.4 is 10.9 Å². The summed E-state index contributed by atoms with van der Waals surface area (Å²) in [6.07, 6.45) is 4.18. The molecule has 0 aliphatic heterocycles. The predicted molar refractivity (Wildman–Crippen MR) is 96.8 cm³/mol. The Balaban J connectivity index is 1.44. The summed E-state index contributed by atoms with van der Waals surface area (Å²) in [5, 5.41) is 2.78. The van der Waals surface area contributed by atoms with Crippen LogP contribution in [0.5, 0.6) is 0 Å². The van der Waals surface area contributed by atoms with E-state index >= 15 is 0 Å². The number of aryl methyl sites for hydroxylation is 2. The molecule has 0 bridgehead atoms. The molecule has 0 radical (unpaired) electrons. The van der Waals surface area contributed by atoms with E-state index in [1.807, 2.05) is 0 Å². The van der Waals surface area contributed by atoms with Gasteiger partial charge in [-0.3, -0.25) is 9.59 Å². The Morgan fingerprint density at radius 2 is 2.12 bits per heavy atom. The van der Waals surface area contributed by atoms with E-state index in [-0.39, 0.29) is 23.1 Å². The van der Waals surface area contributed by atoms with Crippen LogP contribution in [0.3, 0.4) is 0 Å². The number of aromatic nitrogens is 1. The molecule has 1 aromatic heterocycles. The first-order valence-corrected chi connectivity index (χ1v) is 8.82. The largest absolute Gasteiger partial charge is 0.373 e. The molecular formula is C20H24N2O3. The predicted octanol–water partition coefficient (Wildman–Crippen LogP) is 2.90. The molecule has 0 saturated carbocycles. The lowest BCUT2D eigenvalue weighted by Crippen LogP contribution is -2.31. The zero-order valence-corrected chi connectivity index (χ0v) is 14.5. The zero-order valence-electron chi connectivity index (χ0n) is 14.5. The molecule has 132 valence electrons. The molecule has 2 aromatic rings. The highest BCUT2D eigenvalue weighted by Crippen LogP contribution is 2.32. The van der Waals surface area contributed by atoms with E-state index < -0.39 is 0 Å². The molecule has 5 heteroatoms. The lowest BCUT2D eigenvalue weighted by Gasteiger charge is -2.25. The molecule has 3 rings (SSSR count). The summed E-state index contributed by atoms with van der Waals surface area (Å²) in [7, 11) is 0. The third-order valence-electron chi connectivity index (χ3n) is 4.54. The van der Waals surface area contributed by atoms with Crippen molar-refractivity contribution in [1.29, 1.82) is 0 Å². The SMILES string of the molecule is Cc1ccc(C(=O)NCCCOC2CCCc3ccccc32)c(=O)[nH]1. The molecule has 1 atom stereocenters. The van der Waals surface area contributed by atoms with Crippen molar-refractivity contribution in [3.63, 3.8) is 0 Å². The van der Waals surface area contributed by atoms with Gasteiger partial charge in [0.25, 0.3) is 11.5 Å². The van der Waals surface area contributed by atoms with Crippen molar-refractivity contribution < 1.29 is 9.53 Å². The van der Waals surface area contributed by atoms with Crippen LogP contribution in [0.2, 0.25) is 0 Å². The first-order valence-electron chi connectivity index (χ1n) is 8.82. The van der Waals surface area contributed by atoms with Crippen molar-refractivity contribution in [1.82, 2.24) is 10.3 Å². The number of hydrogen-bond acceptors (Lipinski definition) is 3. The van der Waals surface area contributed by atoms with Gasteiger partial charge in [0.1, 0.15) is 5.56 Å². The van der Waals surface area contributed by atoms with Gasteiger partial charge >= 0.3 is 0 Å². The van der Waals surface area contributed by atoms with E-state index in [2.05, 4.69) is 34.6 Å². The molecule has 0 saturated heterocycles. The molecule has 1 heterocycles. The second kappa shape index (κ2) is 8.12. The standard InChI is InChI=1S/C20H24N2O3/c1-14-10-11-17(20(24)22-14)19(23)21-12-5-13-25-18-9-4-7-15-6-2-3-8-16(15)18/h2-3,6,8,10-11,18H,4-5,7,9,12-13H2,1H3,(H,21,23)(H,22,24). The number of aromatic amines is 1. The third kappa shape index (κ3) is 4.37. The number of H-pyrrole nitrogens is 1. The summed E-state index contributed by atoms with van der Waals surface area (Å²) < 4.78 is 6.02. The lowest BCUT2D eigenvalue weighted by molar-refractivity contribution is 0.0393. The van der Waals surface area contributed by atoms with Gasteiger partial charge in [-0.05, 0) is 55.9 Å². The molecule has 5 nitrogen and oxygen atoms in total. The van der Waals surface area contributed by atoms with Crippen molar-refractivity contribution in [3.05, 3.63) is 69.1 Å². The summed E-state index contributed by atoms with van der Waals surface area (Å²) in [5.41, 5.74) is 3.21. The number of ether oxygens (including phenoxy) is 1. The van der Waals surface area contributed by atoms with Crippen molar-refractivity contribution in [3.8, 4) is 0 Å². The number of benzene rings is 1. The zero-order chi connectivity index (χ0) is 17.6. The van der Waals surface area contributed by atoms with Gasteiger partial charge in [-0.2, -0.15) is 0 Å². The van der Waals surface area contributed by atoms with Crippen LogP contribution >= 0.6 is 0 Å². The fourth-order valence-corrected chi connectivity index (χ4v) is 3.23. The second-order valence-electron chi connectivity index (χ2n) is 6.44. The molecule has 1 unspecified atom stereocenters. The van der Waals surface area contributed by atoms with Gasteiger partial charge in [0.2, 0.25) is 0 Å². The third-order valence-corrected chi connectivity index (χ3v) is 4.54. The topological polar surface area (TPSA) is 71.2 Å². The Labute approximate surface area is 147 Å². The van der Waals surface area contributed by atoms with Gasteiger partial charge < -0.3 is 15.0 Å². The average molecular weight is 340 g/mol. The molecule has 1 aromatic carbocycles. The fourth-order valence-electron chi connectivity index (χ4n) is 3.23. The summed E-state index contributed by atoms with van der Waals surface area (Å²) in [6.45, 7) is 2.86. The van der Waals surface area contributed by atoms with E-state index in [0.717, 1.165) is 25.0 Å². The Kier molecular flexibility index (Phi) is 5.66. The molecule has 1 aliphatic carbocycles. The number of carbonyl (C=O) groups is 1.